The molecule has 4 heteroatoms. The van der Waals surface area contributed by atoms with E-state index in [0.29, 0.717) is 5.75 Å². The third-order valence-corrected chi connectivity index (χ3v) is 3.76. The number of hydrogen-bond acceptors (Lipinski definition) is 3. The lowest BCUT2D eigenvalue weighted by molar-refractivity contribution is -0.123. The molecule has 0 aliphatic carbocycles. The predicted molar refractivity (Wildman–Crippen MR) is 107 cm³/mol. The number of carbonyl (C=O) groups excluding carboxylic acids is 1. The SMILES string of the molecule is CCCCc1ccc(OCC(=O)N/N=C\C(C)=C/c2ccccc2)cc1. The van der Waals surface area contributed by atoms with Crippen LogP contribution in [0.1, 0.15) is 37.8 Å². The van der Waals surface area contributed by atoms with E-state index in [-0.39, 0.29) is 12.5 Å². The van der Waals surface area contributed by atoms with E-state index in [1.165, 1.54) is 18.4 Å². The molecule has 1 amide bonds. The highest BCUT2D eigenvalue weighted by Gasteiger charge is 2.01. The number of ether oxygens (including phenoxy) is 1. The minimum atomic E-state index is -0.288. The van der Waals surface area contributed by atoms with Crippen molar-refractivity contribution in [1.82, 2.24) is 5.43 Å². The number of allylic oxidation sites excluding steroid dienone is 1. The third-order valence-electron chi connectivity index (χ3n) is 3.76. The molecule has 2 aromatic rings. The Balaban J connectivity index is 1.74. The molecule has 0 heterocycles. The van der Waals surface area contributed by atoms with E-state index in [1.54, 1.807) is 6.21 Å². The van der Waals surface area contributed by atoms with Crippen LogP contribution in [-0.2, 0) is 11.2 Å². The van der Waals surface area contributed by atoms with Crippen LogP contribution in [0.5, 0.6) is 5.75 Å². The van der Waals surface area contributed by atoms with Crippen LogP contribution >= 0.6 is 0 Å². The van der Waals surface area contributed by atoms with Gasteiger partial charge in [0, 0.05) is 0 Å². The second-order valence-corrected chi connectivity index (χ2v) is 6.13. The molecule has 0 unspecified atom stereocenters. The van der Waals surface area contributed by atoms with Gasteiger partial charge in [-0.2, -0.15) is 5.10 Å². The van der Waals surface area contributed by atoms with Gasteiger partial charge in [-0.1, -0.05) is 61.9 Å². The number of nitrogens with zero attached hydrogens (tertiary/aromatic N) is 1. The van der Waals surface area contributed by atoms with Gasteiger partial charge in [-0.3, -0.25) is 4.79 Å². The first-order chi connectivity index (χ1) is 12.7. The van der Waals surface area contributed by atoms with Crippen molar-refractivity contribution in [2.75, 3.05) is 6.61 Å². The topological polar surface area (TPSA) is 50.7 Å². The fraction of sp³-hybridized carbons (Fsp3) is 0.273. The van der Waals surface area contributed by atoms with E-state index >= 15 is 0 Å². The average Bonchev–Trinajstić information content (AvgIpc) is 2.66. The molecule has 0 aliphatic rings. The molecule has 0 spiro atoms. The lowest BCUT2D eigenvalue weighted by Gasteiger charge is -2.06. The maximum atomic E-state index is 11.8. The molecule has 0 atom stereocenters. The van der Waals surface area contributed by atoms with E-state index in [1.807, 2.05) is 67.6 Å². The van der Waals surface area contributed by atoms with Gasteiger partial charge in [0.05, 0.1) is 6.21 Å². The predicted octanol–water partition coefficient (Wildman–Crippen LogP) is 4.61. The minimum Gasteiger partial charge on any atom is -0.484 e. The van der Waals surface area contributed by atoms with E-state index < -0.39 is 0 Å². The lowest BCUT2D eigenvalue weighted by Crippen LogP contribution is -2.24. The molecular weight excluding hydrogens is 324 g/mol. The summed E-state index contributed by atoms with van der Waals surface area (Å²) in [6.07, 6.45) is 7.04. The van der Waals surface area contributed by atoms with Crippen molar-refractivity contribution in [2.24, 2.45) is 5.10 Å². The zero-order valence-electron chi connectivity index (χ0n) is 15.4. The number of hydrazone groups is 1. The number of amides is 1. The van der Waals surface area contributed by atoms with Crippen LogP contribution < -0.4 is 10.2 Å². The van der Waals surface area contributed by atoms with Crippen molar-refractivity contribution >= 4 is 18.2 Å². The summed E-state index contributed by atoms with van der Waals surface area (Å²) >= 11 is 0. The Morgan fingerprint density at radius 3 is 2.54 bits per heavy atom. The molecule has 4 nitrogen and oxygen atoms in total. The molecule has 0 radical (unpaired) electrons. The maximum absolute atomic E-state index is 11.8. The minimum absolute atomic E-state index is 0.0624. The molecule has 0 aliphatic heterocycles. The van der Waals surface area contributed by atoms with Gasteiger partial charge in [-0.05, 0) is 48.6 Å². The van der Waals surface area contributed by atoms with Crippen LogP contribution in [0.2, 0.25) is 0 Å². The van der Waals surface area contributed by atoms with Gasteiger partial charge in [-0.15, -0.1) is 0 Å². The van der Waals surface area contributed by atoms with Crippen molar-refractivity contribution in [3.8, 4) is 5.75 Å². The van der Waals surface area contributed by atoms with Crippen molar-refractivity contribution in [3.63, 3.8) is 0 Å². The summed E-state index contributed by atoms with van der Waals surface area (Å²) in [5, 5.41) is 3.95. The average molecular weight is 350 g/mol. The van der Waals surface area contributed by atoms with Crippen molar-refractivity contribution in [3.05, 3.63) is 71.3 Å². The number of rotatable bonds is 9. The highest BCUT2D eigenvalue weighted by molar-refractivity contribution is 5.86. The summed E-state index contributed by atoms with van der Waals surface area (Å²) in [6, 6.07) is 17.8. The molecule has 2 rings (SSSR count). The zero-order chi connectivity index (χ0) is 18.6. The summed E-state index contributed by atoms with van der Waals surface area (Å²) in [7, 11) is 0. The van der Waals surface area contributed by atoms with Gasteiger partial charge in [0.1, 0.15) is 5.75 Å². The van der Waals surface area contributed by atoms with Crippen molar-refractivity contribution in [1.29, 1.82) is 0 Å². The normalized spacial score (nSPS) is 11.5. The lowest BCUT2D eigenvalue weighted by atomic mass is 10.1. The van der Waals surface area contributed by atoms with Gasteiger partial charge >= 0.3 is 0 Å². The molecule has 0 fully saturated rings. The quantitative estimate of drug-likeness (QED) is 0.530. The van der Waals surface area contributed by atoms with Gasteiger partial charge in [0.25, 0.3) is 5.91 Å². The molecule has 136 valence electrons. The van der Waals surface area contributed by atoms with Crippen LogP contribution in [0, 0.1) is 0 Å². The molecule has 26 heavy (non-hydrogen) atoms. The number of unbranched alkanes of at least 4 members (excludes halogenated alkanes) is 1. The Bertz CT molecular complexity index is 734. The molecular formula is C22H26N2O2. The first kappa shape index (κ1) is 19.4. The van der Waals surface area contributed by atoms with Crippen LogP contribution in [0.4, 0.5) is 0 Å². The molecule has 1 N–H and O–H groups in total. The number of nitrogens with one attached hydrogen (secondary N) is 1. The van der Waals surface area contributed by atoms with Crippen molar-refractivity contribution in [2.45, 2.75) is 33.1 Å². The van der Waals surface area contributed by atoms with Gasteiger partial charge in [-0.25, -0.2) is 5.43 Å². The number of benzene rings is 2. The van der Waals surface area contributed by atoms with Gasteiger partial charge < -0.3 is 4.74 Å². The number of carbonyl (C=O) groups is 1. The maximum Gasteiger partial charge on any atom is 0.277 e. The largest absolute Gasteiger partial charge is 0.484 e. The second-order valence-electron chi connectivity index (χ2n) is 6.13. The van der Waals surface area contributed by atoms with E-state index in [0.717, 1.165) is 17.6 Å². The fourth-order valence-corrected chi connectivity index (χ4v) is 2.37. The summed E-state index contributed by atoms with van der Waals surface area (Å²) in [5.41, 5.74) is 5.80. The third kappa shape index (κ3) is 7.34. The van der Waals surface area contributed by atoms with E-state index in [2.05, 4.69) is 17.5 Å². The standard InChI is InChI=1S/C22H26N2O2/c1-3-4-8-19-11-13-21(14-12-19)26-17-22(25)24-23-16-18(2)15-20-9-6-5-7-10-20/h5-7,9-16H,3-4,8,17H2,1-2H3,(H,24,25)/b18-15-,23-16-. The Morgan fingerprint density at radius 2 is 1.85 bits per heavy atom. The molecule has 0 saturated carbocycles. The van der Waals surface area contributed by atoms with Crippen LogP contribution in [-0.4, -0.2) is 18.7 Å². The highest BCUT2D eigenvalue weighted by atomic mass is 16.5. The second kappa shape index (κ2) is 10.9. The molecule has 0 saturated heterocycles. The smallest absolute Gasteiger partial charge is 0.277 e. The van der Waals surface area contributed by atoms with Gasteiger partial charge in [0.15, 0.2) is 6.61 Å². The monoisotopic (exact) mass is 350 g/mol. The summed E-state index contributed by atoms with van der Waals surface area (Å²) < 4.78 is 5.48. The summed E-state index contributed by atoms with van der Waals surface area (Å²) in [5.74, 6) is 0.397. The molecule has 0 aromatic heterocycles. The first-order valence-corrected chi connectivity index (χ1v) is 8.94. The summed E-state index contributed by atoms with van der Waals surface area (Å²) in [4.78, 5) is 11.8. The summed E-state index contributed by atoms with van der Waals surface area (Å²) in [6.45, 7) is 4.05. The molecule has 2 aromatic carbocycles. The van der Waals surface area contributed by atoms with E-state index in [4.69, 9.17) is 4.74 Å². The Morgan fingerprint density at radius 1 is 1.12 bits per heavy atom. The Kier molecular flexibility index (Phi) is 8.13. The fourth-order valence-electron chi connectivity index (χ4n) is 2.37. The number of aryl methyl sites for hydroxylation is 1. The molecule has 0 bridgehead atoms. The van der Waals surface area contributed by atoms with Crippen LogP contribution in [0.15, 0.2) is 65.3 Å². The highest BCUT2D eigenvalue weighted by Crippen LogP contribution is 2.13. The van der Waals surface area contributed by atoms with Gasteiger partial charge in [0.2, 0.25) is 0 Å². The zero-order valence-corrected chi connectivity index (χ0v) is 15.4. The van der Waals surface area contributed by atoms with Crippen LogP contribution in [0.3, 0.4) is 0 Å². The Hall–Kier alpha value is -2.88. The van der Waals surface area contributed by atoms with Crippen molar-refractivity contribution < 1.29 is 9.53 Å². The first-order valence-electron chi connectivity index (χ1n) is 8.94. The van der Waals surface area contributed by atoms with Crippen LogP contribution in [0.25, 0.3) is 6.08 Å². The number of hydrogen-bond donors (Lipinski definition) is 1. The van der Waals surface area contributed by atoms with E-state index in [9.17, 15) is 4.79 Å². The Labute approximate surface area is 155 Å².